The van der Waals surface area contributed by atoms with Crippen LogP contribution in [0.25, 0.3) is 0 Å². The van der Waals surface area contributed by atoms with Crippen molar-refractivity contribution in [1.82, 2.24) is 0 Å². The zero-order valence-electron chi connectivity index (χ0n) is 10.5. The number of para-hydroxylation sites is 1. The highest BCUT2D eigenvalue weighted by molar-refractivity contribution is 7.99. The molecule has 0 atom stereocenters. The summed E-state index contributed by atoms with van der Waals surface area (Å²) < 4.78 is 0. The molecule has 3 nitrogen and oxygen atoms in total. The molecule has 0 aliphatic rings. The van der Waals surface area contributed by atoms with Crippen molar-refractivity contribution in [3.05, 3.63) is 54.6 Å². The Hall–Kier alpha value is -1.94. The lowest BCUT2D eigenvalue weighted by molar-refractivity contribution is -0.115. The van der Waals surface area contributed by atoms with E-state index in [-0.39, 0.29) is 5.91 Å². The quantitative estimate of drug-likeness (QED) is 0.648. The average Bonchev–Trinajstić information content (AvgIpc) is 2.40. The Bertz CT molecular complexity index is 543. The van der Waals surface area contributed by atoms with Gasteiger partial charge >= 0.3 is 0 Å². The van der Waals surface area contributed by atoms with E-state index < -0.39 is 0 Å². The maximum Gasteiger partial charge on any atom is 0.225 e. The Balaban J connectivity index is 1.75. The minimum Gasteiger partial charge on any atom is -0.399 e. The molecule has 19 heavy (non-hydrogen) atoms. The monoisotopic (exact) mass is 272 g/mol. The zero-order valence-corrected chi connectivity index (χ0v) is 11.3. The number of nitrogens with one attached hydrogen (secondary N) is 1. The van der Waals surface area contributed by atoms with Crippen LogP contribution in [-0.4, -0.2) is 11.7 Å². The molecule has 0 saturated carbocycles. The van der Waals surface area contributed by atoms with Crippen LogP contribution in [0.15, 0.2) is 59.5 Å². The predicted molar refractivity (Wildman–Crippen MR) is 81.3 cm³/mol. The number of amides is 1. The number of rotatable bonds is 5. The second kappa shape index (κ2) is 6.85. The summed E-state index contributed by atoms with van der Waals surface area (Å²) in [6.45, 7) is 0. The van der Waals surface area contributed by atoms with Gasteiger partial charge in [0.15, 0.2) is 0 Å². The van der Waals surface area contributed by atoms with Gasteiger partial charge in [0, 0.05) is 28.4 Å². The summed E-state index contributed by atoms with van der Waals surface area (Å²) in [4.78, 5) is 12.8. The number of anilines is 2. The third kappa shape index (κ3) is 4.67. The van der Waals surface area contributed by atoms with Crippen LogP contribution in [0.2, 0.25) is 0 Å². The van der Waals surface area contributed by atoms with Crippen LogP contribution < -0.4 is 11.1 Å². The van der Waals surface area contributed by atoms with E-state index in [0.717, 1.165) is 22.0 Å². The van der Waals surface area contributed by atoms with Gasteiger partial charge in [-0.05, 0) is 30.3 Å². The molecule has 0 saturated heterocycles. The molecular formula is C15H16N2OS. The molecule has 1 amide bonds. The lowest BCUT2D eigenvalue weighted by Gasteiger charge is -2.05. The van der Waals surface area contributed by atoms with Crippen molar-refractivity contribution >= 4 is 29.0 Å². The number of hydrogen-bond acceptors (Lipinski definition) is 3. The summed E-state index contributed by atoms with van der Waals surface area (Å²) in [6, 6.07) is 17.2. The minimum atomic E-state index is 0.0302. The van der Waals surface area contributed by atoms with Crippen molar-refractivity contribution in [2.75, 3.05) is 16.8 Å². The molecule has 2 aromatic carbocycles. The molecule has 0 spiro atoms. The predicted octanol–water partition coefficient (Wildman–Crippen LogP) is 3.39. The average molecular weight is 272 g/mol. The molecule has 2 rings (SSSR count). The molecule has 0 radical (unpaired) electrons. The van der Waals surface area contributed by atoms with E-state index in [2.05, 4.69) is 5.32 Å². The molecule has 2 aromatic rings. The first-order valence-electron chi connectivity index (χ1n) is 6.07. The first-order valence-corrected chi connectivity index (χ1v) is 7.06. The van der Waals surface area contributed by atoms with Crippen LogP contribution in [0.5, 0.6) is 0 Å². The molecular weight excluding hydrogens is 256 g/mol. The molecule has 0 heterocycles. The number of carbonyl (C=O) groups is 1. The topological polar surface area (TPSA) is 55.1 Å². The van der Waals surface area contributed by atoms with Crippen LogP contribution in [0.4, 0.5) is 11.4 Å². The Morgan fingerprint density at radius 3 is 2.63 bits per heavy atom. The Morgan fingerprint density at radius 2 is 1.89 bits per heavy atom. The van der Waals surface area contributed by atoms with Crippen molar-refractivity contribution in [3.63, 3.8) is 0 Å². The van der Waals surface area contributed by atoms with Gasteiger partial charge in [-0.2, -0.15) is 0 Å². The van der Waals surface area contributed by atoms with Gasteiger partial charge in [0.2, 0.25) is 5.91 Å². The van der Waals surface area contributed by atoms with Gasteiger partial charge in [0.25, 0.3) is 0 Å². The molecule has 0 fully saturated rings. The Labute approximate surface area is 117 Å². The van der Waals surface area contributed by atoms with Crippen molar-refractivity contribution in [1.29, 1.82) is 0 Å². The fraction of sp³-hybridized carbons (Fsp3) is 0.133. The van der Waals surface area contributed by atoms with E-state index in [1.165, 1.54) is 0 Å². The maximum absolute atomic E-state index is 11.7. The highest BCUT2D eigenvalue weighted by atomic mass is 32.2. The van der Waals surface area contributed by atoms with Gasteiger partial charge in [-0.1, -0.05) is 24.3 Å². The SMILES string of the molecule is Nc1cccc(SCCC(=O)Nc2ccccc2)c1. The zero-order chi connectivity index (χ0) is 13.5. The van der Waals surface area contributed by atoms with Crippen molar-refractivity contribution in [2.24, 2.45) is 0 Å². The summed E-state index contributed by atoms with van der Waals surface area (Å²) in [6.07, 6.45) is 0.481. The largest absolute Gasteiger partial charge is 0.399 e. The molecule has 0 bridgehead atoms. The minimum absolute atomic E-state index is 0.0302. The van der Waals surface area contributed by atoms with Crippen LogP contribution in [0.3, 0.4) is 0 Å². The summed E-state index contributed by atoms with van der Waals surface area (Å²) in [7, 11) is 0. The van der Waals surface area contributed by atoms with Crippen LogP contribution >= 0.6 is 11.8 Å². The van der Waals surface area contributed by atoms with E-state index in [1.54, 1.807) is 11.8 Å². The van der Waals surface area contributed by atoms with Crippen LogP contribution in [0, 0.1) is 0 Å². The first kappa shape index (κ1) is 13.5. The van der Waals surface area contributed by atoms with Gasteiger partial charge in [-0.25, -0.2) is 0 Å². The second-order valence-corrected chi connectivity index (χ2v) is 5.25. The van der Waals surface area contributed by atoms with E-state index in [9.17, 15) is 4.79 Å². The highest BCUT2D eigenvalue weighted by Crippen LogP contribution is 2.20. The molecule has 3 N–H and O–H groups in total. The molecule has 4 heteroatoms. The fourth-order valence-electron chi connectivity index (χ4n) is 1.61. The molecule has 0 aromatic heterocycles. The third-order valence-corrected chi connectivity index (χ3v) is 3.51. The summed E-state index contributed by atoms with van der Waals surface area (Å²) in [5.41, 5.74) is 7.28. The third-order valence-electron chi connectivity index (χ3n) is 2.51. The highest BCUT2D eigenvalue weighted by Gasteiger charge is 2.02. The van der Waals surface area contributed by atoms with Gasteiger partial charge in [-0.15, -0.1) is 11.8 Å². The lowest BCUT2D eigenvalue weighted by Crippen LogP contribution is -2.11. The number of nitrogen functional groups attached to an aromatic ring is 1. The number of benzene rings is 2. The van der Waals surface area contributed by atoms with E-state index in [1.807, 2.05) is 54.6 Å². The molecule has 0 aliphatic heterocycles. The number of nitrogens with two attached hydrogens (primary N) is 1. The number of hydrogen-bond donors (Lipinski definition) is 2. The fourth-order valence-corrected chi connectivity index (χ4v) is 2.53. The van der Waals surface area contributed by atoms with Crippen LogP contribution in [0.1, 0.15) is 6.42 Å². The van der Waals surface area contributed by atoms with Crippen LogP contribution in [-0.2, 0) is 4.79 Å². The lowest BCUT2D eigenvalue weighted by atomic mass is 10.3. The van der Waals surface area contributed by atoms with E-state index in [0.29, 0.717) is 6.42 Å². The summed E-state index contributed by atoms with van der Waals surface area (Å²) in [5, 5.41) is 2.86. The van der Waals surface area contributed by atoms with E-state index >= 15 is 0 Å². The molecule has 98 valence electrons. The maximum atomic E-state index is 11.7. The van der Waals surface area contributed by atoms with Crippen molar-refractivity contribution in [3.8, 4) is 0 Å². The Morgan fingerprint density at radius 1 is 1.11 bits per heavy atom. The summed E-state index contributed by atoms with van der Waals surface area (Å²) in [5.74, 6) is 0.768. The van der Waals surface area contributed by atoms with Crippen molar-refractivity contribution in [2.45, 2.75) is 11.3 Å². The molecule has 0 unspecified atom stereocenters. The van der Waals surface area contributed by atoms with Gasteiger partial charge in [0.1, 0.15) is 0 Å². The second-order valence-electron chi connectivity index (χ2n) is 4.09. The summed E-state index contributed by atoms with van der Waals surface area (Å²) >= 11 is 1.63. The normalized spacial score (nSPS) is 10.1. The number of carbonyl (C=O) groups excluding carboxylic acids is 1. The standard InChI is InChI=1S/C15H16N2OS/c16-12-5-4-8-14(11-12)19-10-9-15(18)17-13-6-2-1-3-7-13/h1-8,11H,9-10,16H2,(H,17,18). The molecule has 0 aliphatic carbocycles. The number of thioether (sulfide) groups is 1. The van der Waals surface area contributed by atoms with E-state index in [4.69, 9.17) is 5.73 Å². The van der Waals surface area contributed by atoms with Gasteiger partial charge in [0.05, 0.1) is 0 Å². The smallest absolute Gasteiger partial charge is 0.225 e. The first-order chi connectivity index (χ1) is 9.24. The Kier molecular flexibility index (Phi) is 4.86. The van der Waals surface area contributed by atoms with Gasteiger partial charge in [-0.3, -0.25) is 4.79 Å². The van der Waals surface area contributed by atoms with Crippen molar-refractivity contribution < 1.29 is 4.79 Å². The van der Waals surface area contributed by atoms with Gasteiger partial charge < -0.3 is 11.1 Å².